The normalized spacial score (nSPS) is 20.9. The Bertz CT molecular complexity index is 647. The highest BCUT2D eigenvalue weighted by atomic mass is 16.1. The molecule has 0 aromatic heterocycles. The van der Waals surface area contributed by atoms with Gasteiger partial charge in [-0.1, -0.05) is 54.6 Å². The van der Waals surface area contributed by atoms with E-state index in [2.05, 4.69) is 30.1 Å². The van der Waals surface area contributed by atoms with Gasteiger partial charge in [0.1, 0.15) is 0 Å². The molecule has 0 saturated carbocycles. The third kappa shape index (κ3) is 1.94. The summed E-state index contributed by atoms with van der Waals surface area (Å²) in [7, 11) is 0. The summed E-state index contributed by atoms with van der Waals surface area (Å²) in [5.41, 5.74) is 2.95. The van der Waals surface area contributed by atoms with E-state index < -0.39 is 0 Å². The maximum absolute atomic E-state index is 12.1. The minimum absolute atomic E-state index is 0.0643. The van der Waals surface area contributed by atoms with Crippen molar-refractivity contribution in [1.29, 1.82) is 0 Å². The molecule has 1 aliphatic heterocycles. The zero-order valence-corrected chi connectivity index (χ0v) is 11.3. The van der Waals surface area contributed by atoms with Crippen LogP contribution in [0.25, 0.3) is 0 Å². The van der Waals surface area contributed by atoms with Crippen LogP contribution in [0.1, 0.15) is 24.0 Å². The molecular formula is C18H17NO. The van der Waals surface area contributed by atoms with Crippen molar-refractivity contribution in [1.82, 2.24) is 0 Å². The fraction of sp³-hybridized carbons (Fsp3) is 0.167. The van der Waals surface area contributed by atoms with E-state index in [0.29, 0.717) is 6.42 Å². The molecule has 1 amide bonds. The van der Waals surface area contributed by atoms with Crippen LogP contribution in [-0.4, -0.2) is 5.91 Å². The first kappa shape index (κ1) is 12.7. The molecule has 2 aromatic carbocycles. The van der Waals surface area contributed by atoms with Gasteiger partial charge in [0.15, 0.2) is 0 Å². The lowest BCUT2D eigenvalue weighted by Crippen LogP contribution is -2.38. The molecule has 0 spiro atoms. The lowest BCUT2D eigenvalue weighted by Gasteiger charge is -2.38. The molecule has 3 rings (SSSR count). The number of carbonyl (C=O) groups is 1. The fourth-order valence-corrected chi connectivity index (χ4v) is 3.13. The van der Waals surface area contributed by atoms with E-state index >= 15 is 0 Å². The molecule has 2 heteroatoms. The highest BCUT2D eigenvalue weighted by molar-refractivity contribution is 5.96. The maximum atomic E-state index is 12.1. The zero-order chi connectivity index (χ0) is 14.0. The van der Waals surface area contributed by atoms with Crippen molar-refractivity contribution < 1.29 is 4.79 Å². The molecule has 1 N–H and O–H groups in total. The van der Waals surface area contributed by atoms with Gasteiger partial charge in [0.25, 0.3) is 0 Å². The van der Waals surface area contributed by atoms with Gasteiger partial charge in [-0.2, -0.15) is 0 Å². The largest absolute Gasteiger partial charge is 0.326 e. The van der Waals surface area contributed by atoms with Gasteiger partial charge < -0.3 is 5.32 Å². The predicted molar refractivity (Wildman–Crippen MR) is 81.7 cm³/mol. The summed E-state index contributed by atoms with van der Waals surface area (Å²) in [5.74, 6) is 0.0643. The molecule has 1 unspecified atom stereocenters. The summed E-state index contributed by atoms with van der Waals surface area (Å²) >= 11 is 0. The minimum Gasteiger partial charge on any atom is -0.326 e. The smallest absolute Gasteiger partial charge is 0.225 e. The summed E-state index contributed by atoms with van der Waals surface area (Å²) < 4.78 is 0. The number of allylic oxidation sites excluding steroid dienone is 1. The Balaban J connectivity index is 2.25. The van der Waals surface area contributed by atoms with Crippen LogP contribution in [0, 0.1) is 0 Å². The Kier molecular flexibility index (Phi) is 3.15. The second kappa shape index (κ2) is 4.97. The fourth-order valence-electron chi connectivity index (χ4n) is 3.13. The highest BCUT2D eigenvalue weighted by Crippen LogP contribution is 2.45. The maximum Gasteiger partial charge on any atom is 0.225 e. The quantitative estimate of drug-likeness (QED) is 0.836. The number of hydrogen-bond acceptors (Lipinski definition) is 1. The topological polar surface area (TPSA) is 29.1 Å². The average Bonchev–Trinajstić information content (AvgIpc) is 2.48. The van der Waals surface area contributed by atoms with Gasteiger partial charge >= 0.3 is 0 Å². The van der Waals surface area contributed by atoms with Crippen molar-refractivity contribution in [2.24, 2.45) is 0 Å². The summed E-state index contributed by atoms with van der Waals surface area (Å²) in [6, 6.07) is 18.3. The molecule has 0 aliphatic carbocycles. The summed E-state index contributed by atoms with van der Waals surface area (Å²) in [6.45, 7) is 3.89. The van der Waals surface area contributed by atoms with E-state index in [-0.39, 0.29) is 11.3 Å². The van der Waals surface area contributed by atoms with Crippen molar-refractivity contribution in [3.8, 4) is 0 Å². The first-order valence-corrected chi connectivity index (χ1v) is 6.82. The lowest BCUT2D eigenvalue weighted by molar-refractivity contribution is -0.117. The third-order valence-corrected chi connectivity index (χ3v) is 4.00. The van der Waals surface area contributed by atoms with Gasteiger partial charge in [-0.05, 0) is 23.6 Å². The van der Waals surface area contributed by atoms with E-state index in [1.807, 2.05) is 42.5 Å². The van der Waals surface area contributed by atoms with Gasteiger partial charge in [-0.15, -0.1) is 6.58 Å². The van der Waals surface area contributed by atoms with Crippen molar-refractivity contribution in [2.75, 3.05) is 5.32 Å². The second-order valence-corrected chi connectivity index (χ2v) is 5.21. The molecule has 0 radical (unpaired) electrons. The Hall–Kier alpha value is -2.35. The molecule has 1 heterocycles. The van der Waals surface area contributed by atoms with Crippen LogP contribution < -0.4 is 5.32 Å². The number of carbonyl (C=O) groups excluding carboxylic acids is 1. The van der Waals surface area contributed by atoms with Crippen LogP contribution in [0.4, 0.5) is 5.69 Å². The number of hydrogen-bond donors (Lipinski definition) is 1. The zero-order valence-electron chi connectivity index (χ0n) is 11.3. The molecule has 2 aromatic rings. The first-order valence-electron chi connectivity index (χ1n) is 6.82. The number of benzene rings is 2. The summed E-state index contributed by atoms with van der Waals surface area (Å²) in [5, 5.41) is 2.97. The molecule has 0 fully saturated rings. The summed E-state index contributed by atoms with van der Waals surface area (Å²) in [4.78, 5) is 12.1. The standard InChI is InChI=1S/C18H17NO/c1-2-12-18(14-8-4-3-5-9-14)13-17(20)19-16-11-7-6-10-15(16)18/h2-11H,1,12-13H2,(H,19,20). The van der Waals surface area contributed by atoms with Crippen LogP contribution in [0.5, 0.6) is 0 Å². The Morgan fingerprint density at radius 3 is 2.55 bits per heavy atom. The van der Waals surface area contributed by atoms with Gasteiger partial charge in [0.05, 0.1) is 0 Å². The minimum atomic E-state index is -0.304. The predicted octanol–water partition coefficient (Wildman–Crippen LogP) is 3.89. The van der Waals surface area contributed by atoms with Crippen molar-refractivity contribution in [3.05, 3.63) is 78.4 Å². The van der Waals surface area contributed by atoms with E-state index in [4.69, 9.17) is 0 Å². The monoisotopic (exact) mass is 263 g/mol. The lowest BCUT2D eigenvalue weighted by atomic mass is 9.67. The summed E-state index contributed by atoms with van der Waals surface area (Å²) in [6.07, 6.45) is 3.11. The van der Waals surface area contributed by atoms with Crippen LogP contribution in [0.2, 0.25) is 0 Å². The number of para-hydroxylation sites is 1. The Morgan fingerprint density at radius 1 is 1.10 bits per heavy atom. The van der Waals surface area contributed by atoms with E-state index in [0.717, 1.165) is 12.1 Å². The Morgan fingerprint density at radius 2 is 1.80 bits per heavy atom. The van der Waals surface area contributed by atoms with Gasteiger partial charge in [0, 0.05) is 17.5 Å². The van der Waals surface area contributed by atoms with Crippen LogP contribution in [-0.2, 0) is 10.2 Å². The number of nitrogens with one attached hydrogen (secondary N) is 1. The number of anilines is 1. The molecule has 1 atom stereocenters. The molecule has 2 nitrogen and oxygen atoms in total. The second-order valence-electron chi connectivity index (χ2n) is 5.21. The van der Waals surface area contributed by atoms with E-state index in [1.165, 1.54) is 11.1 Å². The van der Waals surface area contributed by atoms with Crippen LogP contribution in [0.3, 0.4) is 0 Å². The SMILES string of the molecule is C=CCC1(c2ccccc2)CC(=O)Nc2ccccc21. The molecule has 1 aliphatic rings. The molecule has 20 heavy (non-hydrogen) atoms. The van der Waals surface area contributed by atoms with Crippen LogP contribution >= 0.6 is 0 Å². The van der Waals surface area contributed by atoms with Crippen LogP contribution in [0.15, 0.2) is 67.3 Å². The van der Waals surface area contributed by atoms with E-state index in [1.54, 1.807) is 0 Å². The Labute approximate surface area is 119 Å². The average molecular weight is 263 g/mol. The van der Waals surface area contributed by atoms with Gasteiger partial charge in [0.2, 0.25) is 5.91 Å². The molecule has 100 valence electrons. The molecule has 0 saturated heterocycles. The van der Waals surface area contributed by atoms with Crippen molar-refractivity contribution in [2.45, 2.75) is 18.3 Å². The van der Waals surface area contributed by atoms with Gasteiger partial charge in [-0.3, -0.25) is 4.79 Å². The number of rotatable bonds is 3. The number of fused-ring (bicyclic) bond motifs is 1. The van der Waals surface area contributed by atoms with E-state index in [9.17, 15) is 4.79 Å². The number of amides is 1. The molecular weight excluding hydrogens is 246 g/mol. The van der Waals surface area contributed by atoms with Gasteiger partial charge in [-0.25, -0.2) is 0 Å². The first-order chi connectivity index (χ1) is 9.76. The molecule has 0 bridgehead atoms. The highest BCUT2D eigenvalue weighted by Gasteiger charge is 2.40. The van der Waals surface area contributed by atoms with Crippen molar-refractivity contribution in [3.63, 3.8) is 0 Å². The third-order valence-electron chi connectivity index (χ3n) is 4.00. The van der Waals surface area contributed by atoms with Crippen molar-refractivity contribution >= 4 is 11.6 Å².